The molecule has 5 aromatic rings. The molecular formula is C39H40BrClN6O5. The molecule has 0 radical (unpaired) electrons. The number of benzene rings is 3. The number of nitriles is 1. The highest BCUT2D eigenvalue weighted by molar-refractivity contribution is 9.10. The van der Waals surface area contributed by atoms with Crippen LogP contribution >= 0.6 is 27.5 Å². The van der Waals surface area contributed by atoms with Crippen LogP contribution in [0.1, 0.15) is 48.4 Å². The van der Waals surface area contributed by atoms with Crippen LogP contribution in [0.3, 0.4) is 0 Å². The number of rotatable bonds is 16. The van der Waals surface area contributed by atoms with Crippen LogP contribution in [0.5, 0.6) is 11.5 Å². The maximum absolute atomic E-state index is 11.8. The van der Waals surface area contributed by atoms with Gasteiger partial charge < -0.3 is 24.6 Å². The Morgan fingerprint density at radius 3 is 2.56 bits per heavy atom. The van der Waals surface area contributed by atoms with Crippen molar-refractivity contribution >= 4 is 44.4 Å². The van der Waals surface area contributed by atoms with E-state index in [1.807, 2.05) is 18.3 Å². The van der Waals surface area contributed by atoms with Crippen LogP contribution in [-0.4, -0.2) is 67.6 Å². The number of nitrogens with one attached hydrogen (secondary N) is 1. The molecule has 52 heavy (non-hydrogen) atoms. The summed E-state index contributed by atoms with van der Waals surface area (Å²) in [5.74, 6) is -0.451. The molecule has 0 saturated carbocycles. The Labute approximate surface area is 315 Å². The first-order valence-corrected chi connectivity index (χ1v) is 18.3. The van der Waals surface area contributed by atoms with Crippen LogP contribution in [0.2, 0.25) is 5.02 Å². The summed E-state index contributed by atoms with van der Waals surface area (Å²) < 4.78 is 15.4. The van der Waals surface area contributed by atoms with Crippen LogP contribution in [0.4, 0.5) is 0 Å². The molecule has 11 nitrogen and oxygen atoms in total. The summed E-state index contributed by atoms with van der Waals surface area (Å²) in [7, 11) is 0. The van der Waals surface area contributed by atoms with Crippen LogP contribution < -0.4 is 14.8 Å². The first-order valence-electron chi connectivity index (χ1n) is 17.1. The van der Waals surface area contributed by atoms with Gasteiger partial charge in [0.15, 0.2) is 0 Å². The summed E-state index contributed by atoms with van der Waals surface area (Å²) in [6.07, 6.45) is 8.65. The number of halogens is 2. The van der Waals surface area contributed by atoms with Gasteiger partial charge in [0.1, 0.15) is 36.3 Å². The van der Waals surface area contributed by atoms with E-state index in [4.69, 9.17) is 26.2 Å². The lowest BCUT2D eigenvalue weighted by Crippen LogP contribution is -2.52. The number of aliphatic hydroxyl groups excluding tert-OH is 1. The molecule has 13 heteroatoms. The lowest BCUT2D eigenvalue weighted by Gasteiger charge is -2.25. The molecule has 270 valence electrons. The van der Waals surface area contributed by atoms with Crippen LogP contribution in [0, 0.1) is 11.3 Å². The van der Waals surface area contributed by atoms with Gasteiger partial charge in [-0.2, -0.15) is 10.4 Å². The molecule has 3 aromatic carbocycles. The molecule has 1 saturated heterocycles. The molecule has 1 aliphatic heterocycles. The molecule has 0 bridgehead atoms. The van der Waals surface area contributed by atoms with E-state index in [1.54, 1.807) is 24.4 Å². The molecule has 3 heterocycles. The average molecular weight is 788 g/mol. The van der Waals surface area contributed by atoms with Gasteiger partial charge in [-0.3, -0.25) is 19.8 Å². The van der Waals surface area contributed by atoms with Crippen molar-refractivity contribution in [2.24, 2.45) is 0 Å². The lowest BCUT2D eigenvalue weighted by molar-refractivity contribution is -0.145. The van der Waals surface area contributed by atoms with Crippen molar-refractivity contribution in [3.8, 4) is 28.7 Å². The Morgan fingerprint density at radius 2 is 1.79 bits per heavy atom. The summed E-state index contributed by atoms with van der Waals surface area (Å²) in [5.41, 5.74) is 4.11. The van der Waals surface area contributed by atoms with Crippen molar-refractivity contribution in [3.63, 3.8) is 0 Å². The number of hydrogen-bond acceptors (Lipinski definition) is 9. The van der Waals surface area contributed by atoms with Gasteiger partial charge in [-0.05, 0) is 91.1 Å². The van der Waals surface area contributed by atoms with Gasteiger partial charge in [-0.25, -0.2) is 0 Å². The second-order valence-corrected chi connectivity index (χ2v) is 14.3. The predicted octanol–water partition coefficient (Wildman–Crippen LogP) is 6.95. The van der Waals surface area contributed by atoms with Gasteiger partial charge in [0.05, 0.1) is 28.9 Å². The van der Waals surface area contributed by atoms with Crippen molar-refractivity contribution in [1.29, 1.82) is 5.26 Å². The molecule has 6 rings (SSSR count). The number of fused-ring (bicyclic) bond motifs is 1. The number of hydrogen-bond donors (Lipinski definition) is 3. The Balaban J connectivity index is 1.22. The van der Waals surface area contributed by atoms with E-state index in [0.29, 0.717) is 33.2 Å². The third kappa shape index (κ3) is 8.57. The van der Waals surface area contributed by atoms with Crippen molar-refractivity contribution in [2.45, 2.75) is 58.0 Å². The molecule has 1 fully saturated rings. The van der Waals surface area contributed by atoms with Crippen molar-refractivity contribution in [2.75, 3.05) is 26.2 Å². The van der Waals surface area contributed by atoms with Gasteiger partial charge in [0.2, 0.25) is 0 Å². The summed E-state index contributed by atoms with van der Waals surface area (Å²) in [6, 6.07) is 19.4. The smallest absolute Gasteiger partial charge is 0.326 e. The van der Waals surface area contributed by atoms with Gasteiger partial charge in [0, 0.05) is 58.1 Å². The quantitative estimate of drug-likeness (QED) is 0.0961. The topological polar surface area (TPSA) is 146 Å². The molecule has 1 atom stereocenters. The number of nitrogens with zero attached hydrogens (tertiary/aromatic N) is 5. The summed E-state index contributed by atoms with van der Waals surface area (Å²) in [4.78, 5) is 18.4. The third-order valence-electron chi connectivity index (χ3n) is 9.37. The van der Waals surface area contributed by atoms with E-state index in [0.717, 1.165) is 51.6 Å². The standard InChI is InChI=1S/C39H40BrClN6O5/c1-39(25-48,38(49)50)44-21-29-16-33(41)36(17-35(29)51-23-27-15-26(18-42)19-43-20-27)52-24-28-7-4-9-31(37(28)40)30-8-5-10-34-32(30)22-45-47(34)14-6-13-46-11-2-3-12-46/h4-5,7-10,15-17,19-20,22,44,48H,2-3,6,11-14,21,23-25H2,1H3,(H,49,50)/t39-/m0/s1. The number of carboxylic acids is 1. The van der Waals surface area contributed by atoms with Gasteiger partial charge >= 0.3 is 5.97 Å². The average Bonchev–Trinajstić information content (AvgIpc) is 3.84. The highest BCUT2D eigenvalue weighted by atomic mass is 79.9. The van der Waals surface area contributed by atoms with E-state index in [9.17, 15) is 20.3 Å². The second-order valence-electron chi connectivity index (χ2n) is 13.1. The Kier molecular flexibility index (Phi) is 12.1. The molecular weight excluding hydrogens is 748 g/mol. The highest BCUT2D eigenvalue weighted by Gasteiger charge is 2.32. The van der Waals surface area contributed by atoms with E-state index < -0.39 is 18.1 Å². The molecule has 0 unspecified atom stereocenters. The molecule has 1 aliphatic rings. The first kappa shape index (κ1) is 37.3. The lowest BCUT2D eigenvalue weighted by atomic mass is 10.00. The molecule has 2 aromatic heterocycles. The number of ether oxygens (including phenoxy) is 2. The number of aryl methyl sites for hydroxylation is 1. The van der Waals surface area contributed by atoms with Gasteiger partial charge in [0.25, 0.3) is 0 Å². The minimum atomic E-state index is -1.59. The summed E-state index contributed by atoms with van der Waals surface area (Å²) in [5, 5.41) is 37.7. The number of aliphatic carboxylic acids is 1. The zero-order chi connectivity index (χ0) is 36.7. The number of aromatic nitrogens is 3. The van der Waals surface area contributed by atoms with E-state index in [1.165, 1.54) is 39.1 Å². The fourth-order valence-electron chi connectivity index (χ4n) is 6.26. The van der Waals surface area contributed by atoms with Crippen LogP contribution in [0.25, 0.3) is 22.0 Å². The minimum Gasteiger partial charge on any atom is -0.488 e. The Hall–Kier alpha value is -4.51. The number of carboxylic acid groups (broad SMARTS) is 1. The molecule has 3 N–H and O–H groups in total. The minimum absolute atomic E-state index is 0.0311. The number of pyridine rings is 1. The maximum Gasteiger partial charge on any atom is 0.326 e. The second kappa shape index (κ2) is 16.9. The maximum atomic E-state index is 11.8. The summed E-state index contributed by atoms with van der Waals surface area (Å²) >= 11 is 10.6. The van der Waals surface area contributed by atoms with Gasteiger partial charge in [-0.15, -0.1) is 0 Å². The zero-order valence-electron chi connectivity index (χ0n) is 28.8. The van der Waals surface area contributed by atoms with Crippen molar-refractivity contribution < 1.29 is 24.5 Å². The monoisotopic (exact) mass is 786 g/mol. The SMILES string of the molecule is C[C@@](CO)(NCc1cc(Cl)c(OCc2cccc(-c3cccc4c3cnn4CCCN3CCCC3)c2Br)cc1OCc1cncc(C#N)c1)C(=O)O. The van der Waals surface area contributed by atoms with Gasteiger partial charge in [-0.1, -0.05) is 41.9 Å². The highest BCUT2D eigenvalue weighted by Crippen LogP contribution is 2.38. The van der Waals surface area contributed by atoms with Crippen LogP contribution in [-0.2, 0) is 31.1 Å². The zero-order valence-corrected chi connectivity index (χ0v) is 31.2. The fraction of sp³-hybridized carbons (Fsp3) is 0.333. The fourth-order valence-corrected chi connectivity index (χ4v) is 7.09. The Bertz CT molecular complexity index is 2100. The number of likely N-dealkylation sites (tertiary alicyclic amines) is 1. The molecule has 0 spiro atoms. The first-order chi connectivity index (χ1) is 25.2. The third-order valence-corrected chi connectivity index (χ3v) is 10.6. The van der Waals surface area contributed by atoms with Crippen molar-refractivity contribution in [1.82, 2.24) is 25.0 Å². The largest absolute Gasteiger partial charge is 0.488 e. The van der Waals surface area contributed by atoms with E-state index in [-0.39, 0.29) is 19.8 Å². The summed E-state index contributed by atoms with van der Waals surface area (Å²) in [6.45, 7) is 5.41. The van der Waals surface area contributed by atoms with E-state index >= 15 is 0 Å². The van der Waals surface area contributed by atoms with Crippen molar-refractivity contribution in [3.05, 3.63) is 105 Å². The molecule has 0 aliphatic carbocycles. The predicted molar refractivity (Wildman–Crippen MR) is 202 cm³/mol. The van der Waals surface area contributed by atoms with Crippen LogP contribution in [0.15, 0.2) is 77.7 Å². The Morgan fingerprint density at radius 1 is 1.02 bits per heavy atom. The normalized spacial score (nSPS) is 14.3. The van der Waals surface area contributed by atoms with E-state index in [2.05, 4.69) is 66.1 Å². The molecule has 0 amide bonds. The number of carbonyl (C=O) groups is 1. The number of aliphatic hydroxyl groups is 1.